The van der Waals surface area contributed by atoms with Gasteiger partial charge in [0.25, 0.3) is 0 Å². The van der Waals surface area contributed by atoms with Crippen molar-refractivity contribution in [3.8, 4) is 0 Å². The van der Waals surface area contributed by atoms with Crippen molar-refractivity contribution in [2.24, 2.45) is 11.7 Å². The Hall–Kier alpha value is -2.87. The Bertz CT molecular complexity index is 982. The van der Waals surface area contributed by atoms with E-state index in [-0.39, 0.29) is 0 Å². The highest BCUT2D eigenvalue weighted by Gasteiger charge is 2.20. The molecule has 1 saturated heterocycles. The van der Waals surface area contributed by atoms with E-state index >= 15 is 0 Å². The van der Waals surface area contributed by atoms with E-state index in [4.69, 9.17) is 10.7 Å². The zero-order valence-electron chi connectivity index (χ0n) is 15.7. The molecule has 27 heavy (non-hydrogen) atoms. The molecule has 3 heterocycles. The van der Waals surface area contributed by atoms with Gasteiger partial charge in [-0.15, -0.1) is 0 Å². The fraction of sp³-hybridized carbons (Fsp3) is 0.421. The number of carbonyl (C=O) groups excluding carboxylic acids is 1. The number of nitrogens with one attached hydrogen (secondary N) is 2. The van der Waals surface area contributed by atoms with Crippen LogP contribution in [0.4, 0.5) is 11.8 Å². The molecule has 3 aromatic rings. The Kier molecular flexibility index (Phi) is 4.57. The molecule has 1 fully saturated rings. The van der Waals surface area contributed by atoms with Gasteiger partial charge < -0.3 is 20.9 Å². The summed E-state index contributed by atoms with van der Waals surface area (Å²) in [5, 5.41) is 11.4. The molecule has 1 aliphatic rings. The van der Waals surface area contributed by atoms with Crippen LogP contribution < -0.4 is 16.4 Å². The third-order valence-corrected chi connectivity index (χ3v) is 5.08. The quantitative estimate of drug-likeness (QED) is 0.618. The van der Waals surface area contributed by atoms with E-state index in [9.17, 15) is 4.79 Å². The fourth-order valence-corrected chi connectivity index (χ4v) is 3.69. The van der Waals surface area contributed by atoms with Crippen LogP contribution >= 0.6 is 0 Å². The second kappa shape index (κ2) is 7.03. The number of amides is 1. The Balaban J connectivity index is 1.77. The molecule has 8 heteroatoms. The fourth-order valence-electron chi connectivity index (χ4n) is 3.69. The van der Waals surface area contributed by atoms with Crippen LogP contribution in [0.3, 0.4) is 0 Å². The van der Waals surface area contributed by atoms with Crippen LogP contribution in [-0.4, -0.2) is 38.3 Å². The standard InChI is InChI=1S/C19H25N7O/c1-3-26-17(8-12(2)24-26)23-19-22-15-9-14(18(20)27)4-5-16(15)25(19)11-13-6-7-21-10-13/h4-5,8-9,13,21H,3,6-7,10-11H2,1-2H3,(H2,20,27)(H,22,23)/t13-/m0/s1. The minimum Gasteiger partial charge on any atom is -0.366 e. The van der Waals surface area contributed by atoms with E-state index in [2.05, 4.69) is 27.2 Å². The summed E-state index contributed by atoms with van der Waals surface area (Å²) in [5.41, 5.74) is 8.62. The van der Waals surface area contributed by atoms with Crippen LogP contribution in [0.5, 0.6) is 0 Å². The first-order valence-corrected chi connectivity index (χ1v) is 9.37. The van der Waals surface area contributed by atoms with Gasteiger partial charge in [0.2, 0.25) is 11.9 Å². The number of benzene rings is 1. The Labute approximate surface area is 157 Å². The number of rotatable bonds is 6. The lowest BCUT2D eigenvalue weighted by Gasteiger charge is -2.15. The molecule has 0 aliphatic carbocycles. The number of primary amides is 1. The lowest BCUT2D eigenvalue weighted by molar-refractivity contribution is 0.100. The molecule has 0 radical (unpaired) electrons. The normalized spacial score (nSPS) is 16.9. The summed E-state index contributed by atoms with van der Waals surface area (Å²) in [6, 6.07) is 7.46. The molecule has 142 valence electrons. The number of imidazole rings is 1. The number of aromatic nitrogens is 4. The van der Waals surface area contributed by atoms with Crippen LogP contribution in [0.25, 0.3) is 11.0 Å². The van der Waals surface area contributed by atoms with Crippen molar-refractivity contribution in [1.29, 1.82) is 0 Å². The van der Waals surface area contributed by atoms with Crippen molar-refractivity contribution >= 4 is 28.7 Å². The molecule has 2 aromatic heterocycles. The molecule has 0 bridgehead atoms. The monoisotopic (exact) mass is 367 g/mol. The van der Waals surface area contributed by atoms with Crippen molar-refractivity contribution in [2.75, 3.05) is 18.4 Å². The van der Waals surface area contributed by atoms with E-state index in [0.717, 1.165) is 61.1 Å². The highest BCUT2D eigenvalue weighted by atomic mass is 16.1. The second-order valence-electron chi connectivity index (χ2n) is 7.08. The van der Waals surface area contributed by atoms with Crippen LogP contribution in [0.15, 0.2) is 24.3 Å². The molecule has 1 aromatic carbocycles. The lowest BCUT2D eigenvalue weighted by atomic mass is 10.1. The number of anilines is 2. The number of nitrogens with zero attached hydrogens (tertiary/aromatic N) is 4. The highest BCUT2D eigenvalue weighted by Crippen LogP contribution is 2.26. The van der Waals surface area contributed by atoms with Crippen molar-refractivity contribution < 1.29 is 4.79 Å². The number of carbonyl (C=O) groups is 1. The average Bonchev–Trinajstić information content (AvgIpc) is 3.35. The van der Waals surface area contributed by atoms with E-state index < -0.39 is 5.91 Å². The third kappa shape index (κ3) is 3.40. The lowest BCUT2D eigenvalue weighted by Crippen LogP contribution is -2.16. The second-order valence-corrected chi connectivity index (χ2v) is 7.08. The summed E-state index contributed by atoms with van der Waals surface area (Å²) in [7, 11) is 0. The van der Waals surface area contributed by atoms with E-state index in [1.54, 1.807) is 12.1 Å². The van der Waals surface area contributed by atoms with Crippen LogP contribution in [-0.2, 0) is 13.1 Å². The smallest absolute Gasteiger partial charge is 0.248 e. The minimum absolute atomic E-state index is 0.444. The number of hydrogen-bond donors (Lipinski definition) is 3. The van der Waals surface area contributed by atoms with Crippen LogP contribution in [0.2, 0.25) is 0 Å². The summed E-state index contributed by atoms with van der Waals surface area (Å²) in [4.78, 5) is 16.3. The molecule has 0 spiro atoms. The van der Waals surface area contributed by atoms with Crippen LogP contribution in [0.1, 0.15) is 29.4 Å². The van der Waals surface area contributed by atoms with Crippen molar-refractivity contribution in [1.82, 2.24) is 24.6 Å². The zero-order chi connectivity index (χ0) is 19.0. The van der Waals surface area contributed by atoms with Gasteiger partial charge in [-0.2, -0.15) is 5.10 Å². The molecular weight excluding hydrogens is 342 g/mol. The van der Waals surface area contributed by atoms with Gasteiger partial charge in [0, 0.05) is 24.7 Å². The Morgan fingerprint density at radius 3 is 2.96 bits per heavy atom. The number of aryl methyl sites for hydroxylation is 2. The summed E-state index contributed by atoms with van der Waals surface area (Å²) < 4.78 is 4.12. The summed E-state index contributed by atoms with van der Waals surface area (Å²) >= 11 is 0. The van der Waals surface area contributed by atoms with Gasteiger partial charge in [0.15, 0.2) is 0 Å². The maximum atomic E-state index is 11.5. The molecule has 4 N–H and O–H groups in total. The maximum absolute atomic E-state index is 11.5. The van der Waals surface area contributed by atoms with Gasteiger partial charge in [-0.3, -0.25) is 4.79 Å². The SMILES string of the molecule is CCn1nc(C)cc1Nc1nc2cc(C(N)=O)ccc2n1C[C@H]1CCNC1. The minimum atomic E-state index is -0.444. The molecule has 0 saturated carbocycles. The molecule has 1 aliphatic heterocycles. The maximum Gasteiger partial charge on any atom is 0.248 e. The van der Waals surface area contributed by atoms with Gasteiger partial charge in [-0.25, -0.2) is 9.67 Å². The van der Waals surface area contributed by atoms with Gasteiger partial charge in [-0.05, 0) is 57.5 Å². The summed E-state index contributed by atoms with van der Waals surface area (Å²) in [5.74, 6) is 1.77. The number of hydrogen-bond acceptors (Lipinski definition) is 5. The third-order valence-electron chi connectivity index (χ3n) is 5.08. The molecule has 1 amide bonds. The van der Waals surface area contributed by atoms with Gasteiger partial charge in [0.1, 0.15) is 5.82 Å². The predicted octanol–water partition coefficient (Wildman–Crippen LogP) is 2.01. The van der Waals surface area contributed by atoms with Gasteiger partial charge >= 0.3 is 0 Å². The largest absolute Gasteiger partial charge is 0.366 e. The van der Waals surface area contributed by atoms with Crippen LogP contribution in [0, 0.1) is 12.8 Å². The summed E-state index contributed by atoms with van der Waals surface area (Å²) in [6.45, 7) is 7.72. The average molecular weight is 367 g/mol. The first-order chi connectivity index (χ1) is 13.0. The first kappa shape index (κ1) is 17.5. The van der Waals surface area contributed by atoms with E-state index in [0.29, 0.717) is 11.5 Å². The molecule has 8 nitrogen and oxygen atoms in total. The Morgan fingerprint density at radius 1 is 1.41 bits per heavy atom. The van der Waals surface area contributed by atoms with Gasteiger partial charge in [-0.1, -0.05) is 0 Å². The van der Waals surface area contributed by atoms with Gasteiger partial charge in [0.05, 0.1) is 16.7 Å². The van der Waals surface area contributed by atoms with Crippen molar-refractivity contribution in [2.45, 2.75) is 33.4 Å². The molecule has 0 unspecified atom stereocenters. The van der Waals surface area contributed by atoms with Crippen molar-refractivity contribution in [3.63, 3.8) is 0 Å². The number of fused-ring (bicyclic) bond motifs is 1. The zero-order valence-corrected chi connectivity index (χ0v) is 15.7. The topological polar surface area (TPSA) is 103 Å². The number of nitrogens with two attached hydrogens (primary N) is 1. The molecular formula is C19H25N7O. The molecule has 4 rings (SSSR count). The summed E-state index contributed by atoms with van der Waals surface area (Å²) in [6.07, 6.45) is 1.14. The van der Waals surface area contributed by atoms with E-state index in [1.807, 2.05) is 23.7 Å². The van der Waals surface area contributed by atoms with E-state index in [1.165, 1.54) is 0 Å². The van der Waals surface area contributed by atoms with Crippen molar-refractivity contribution in [3.05, 3.63) is 35.5 Å². The Morgan fingerprint density at radius 2 is 2.26 bits per heavy atom. The molecule has 1 atom stereocenters. The highest BCUT2D eigenvalue weighted by molar-refractivity contribution is 5.96. The predicted molar refractivity (Wildman–Crippen MR) is 105 cm³/mol. The first-order valence-electron chi connectivity index (χ1n) is 9.37.